The lowest BCUT2D eigenvalue weighted by Crippen LogP contribution is -1.92. The monoisotopic (exact) mass is 232 g/mol. The molecular formula is C16H24O. The van der Waals surface area contributed by atoms with Gasteiger partial charge in [-0.2, -0.15) is 0 Å². The molecule has 0 saturated carbocycles. The molecule has 1 saturated heterocycles. The zero-order valence-electron chi connectivity index (χ0n) is 10.7. The van der Waals surface area contributed by atoms with Crippen molar-refractivity contribution < 1.29 is 4.74 Å². The minimum absolute atomic E-state index is 0.556. The Morgan fingerprint density at radius 2 is 0.882 bits per heavy atom. The van der Waals surface area contributed by atoms with Crippen LogP contribution in [-0.4, -0.2) is 12.2 Å². The molecule has 1 nitrogen and oxygen atoms in total. The Morgan fingerprint density at radius 1 is 0.529 bits per heavy atom. The van der Waals surface area contributed by atoms with Gasteiger partial charge in [-0.25, -0.2) is 0 Å². The van der Waals surface area contributed by atoms with Gasteiger partial charge in [0.2, 0.25) is 0 Å². The summed E-state index contributed by atoms with van der Waals surface area (Å²) in [5.74, 6) is 0. The molecule has 0 N–H and O–H groups in total. The molecule has 0 spiro atoms. The fraction of sp³-hybridized carbons (Fsp3) is 0.625. The lowest BCUT2D eigenvalue weighted by molar-refractivity contribution is 0.357. The first-order valence-corrected chi connectivity index (χ1v) is 7.07. The van der Waals surface area contributed by atoms with Gasteiger partial charge in [0.15, 0.2) is 0 Å². The second-order valence-corrected chi connectivity index (χ2v) is 4.94. The Balaban J connectivity index is 1.74. The van der Waals surface area contributed by atoms with Crippen LogP contribution in [0.25, 0.3) is 0 Å². The zero-order valence-corrected chi connectivity index (χ0v) is 10.7. The van der Waals surface area contributed by atoms with E-state index in [1.165, 1.54) is 51.4 Å². The molecule has 2 rings (SSSR count). The molecule has 94 valence electrons. The molecule has 1 aliphatic heterocycles. The molecule has 0 aromatic heterocycles. The molecule has 2 unspecified atom stereocenters. The van der Waals surface area contributed by atoms with Gasteiger partial charge in [-0.3, -0.25) is 0 Å². The summed E-state index contributed by atoms with van der Waals surface area (Å²) >= 11 is 0. The van der Waals surface area contributed by atoms with E-state index in [1.54, 1.807) is 0 Å². The Bertz CT molecular complexity index is 260. The van der Waals surface area contributed by atoms with E-state index in [-0.39, 0.29) is 0 Å². The summed E-state index contributed by atoms with van der Waals surface area (Å²) in [4.78, 5) is 0. The van der Waals surface area contributed by atoms with Crippen LogP contribution < -0.4 is 0 Å². The Kier molecular flexibility index (Phi) is 5.57. The van der Waals surface area contributed by atoms with Crippen molar-refractivity contribution in [3.63, 3.8) is 0 Å². The van der Waals surface area contributed by atoms with Gasteiger partial charge >= 0.3 is 0 Å². The van der Waals surface area contributed by atoms with Crippen molar-refractivity contribution in [3.05, 3.63) is 36.5 Å². The second kappa shape index (κ2) is 7.50. The molecule has 2 aliphatic rings. The van der Waals surface area contributed by atoms with Crippen molar-refractivity contribution in [2.24, 2.45) is 0 Å². The van der Waals surface area contributed by atoms with Crippen LogP contribution in [-0.2, 0) is 4.74 Å². The van der Waals surface area contributed by atoms with Gasteiger partial charge in [0.1, 0.15) is 0 Å². The van der Waals surface area contributed by atoms with Crippen molar-refractivity contribution in [2.75, 3.05) is 0 Å². The number of epoxide rings is 1. The average Bonchev–Trinajstić information content (AvgIpc) is 3.07. The minimum atomic E-state index is 0.556. The topological polar surface area (TPSA) is 12.5 Å². The summed E-state index contributed by atoms with van der Waals surface area (Å²) in [6.07, 6.45) is 24.5. The molecule has 0 aromatic carbocycles. The molecular weight excluding hydrogens is 208 g/mol. The zero-order chi connectivity index (χ0) is 11.8. The number of fused-ring (bicyclic) bond motifs is 1. The van der Waals surface area contributed by atoms with Crippen LogP contribution >= 0.6 is 0 Å². The van der Waals surface area contributed by atoms with Crippen molar-refractivity contribution in [1.29, 1.82) is 0 Å². The van der Waals surface area contributed by atoms with E-state index in [0.717, 1.165) is 0 Å². The maximum absolute atomic E-state index is 5.66. The van der Waals surface area contributed by atoms with E-state index in [9.17, 15) is 0 Å². The summed E-state index contributed by atoms with van der Waals surface area (Å²) in [6, 6.07) is 0. The van der Waals surface area contributed by atoms with Crippen molar-refractivity contribution in [2.45, 2.75) is 63.6 Å². The molecule has 0 amide bonds. The van der Waals surface area contributed by atoms with Crippen LogP contribution in [0.15, 0.2) is 36.5 Å². The van der Waals surface area contributed by atoms with Crippen LogP contribution in [0.3, 0.4) is 0 Å². The number of ether oxygens (including phenoxy) is 1. The van der Waals surface area contributed by atoms with Gasteiger partial charge in [0, 0.05) is 0 Å². The first kappa shape index (κ1) is 12.6. The van der Waals surface area contributed by atoms with Crippen LogP contribution in [0, 0.1) is 0 Å². The Hall–Kier alpha value is -0.820. The number of rotatable bonds is 0. The summed E-state index contributed by atoms with van der Waals surface area (Å²) in [5, 5.41) is 0. The highest BCUT2D eigenvalue weighted by Gasteiger charge is 2.36. The molecule has 0 radical (unpaired) electrons. The average molecular weight is 232 g/mol. The van der Waals surface area contributed by atoms with E-state index < -0.39 is 0 Å². The predicted molar refractivity (Wildman–Crippen MR) is 73.0 cm³/mol. The maximum Gasteiger partial charge on any atom is 0.0845 e. The van der Waals surface area contributed by atoms with Crippen molar-refractivity contribution >= 4 is 0 Å². The van der Waals surface area contributed by atoms with Crippen LogP contribution in [0.2, 0.25) is 0 Å². The van der Waals surface area contributed by atoms with E-state index in [2.05, 4.69) is 36.5 Å². The first-order chi connectivity index (χ1) is 8.47. The quantitative estimate of drug-likeness (QED) is 0.440. The standard InChI is InChI=1S/C16H24O/c1-2-4-6-8-10-12-14-16-15(17-16)13-11-9-7-5-3-1/h1-2,7-10,15-16H,3-6,11-14H2/b2-1?,9-7+,10-8+. The van der Waals surface area contributed by atoms with E-state index >= 15 is 0 Å². The molecule has 0 bridgehead atoms. The SMILES string of the molecule is C1=CCC/C=C/CCC2OC2CC/C=C/CC1. The molecule has 1 fully saturated rings. The van der Waals surface area contributed by atoms with Crippen LogP contribution in [0.4, 0.5) is 0 Å². The van der Waals surface area contributed by atoms with Crippen molar-refractivity contribution in [3.8, 4) is 0 Å². The van der Waals surface area contributed by atoms with Gasteiger partial charge in [0.05, 0.1) is 12.2 Å². The maximum atomic E-state index is 5.66. The first-order valence-electron chi connectivity index (χ1n) is 7.07. The van der Waals surface area contributed by atoms with Crippen LogP contribution in [0.5, 0.6) is 0 Å². The molecule has 2 atom stereocenters. The number of allylic oxidation sites excluding steroid dienone is 6. The molecule has 1 heteroatoms. The third-order valence-electron chi connectivity index (χ3n) is 3.42. The minimum Gasteiger partial charge on any atom is -0.370 e. The highest BCUT2D eigenvalue weighted by Crippen LogP contribution is 2.30. The lowest BCUT2D eigenvalue weighted by Gasteiger charge is -1.93. The second-order valence-electron chi connectivity index (χ2n) is 4.94. The van der Waals surface area contributed by atoms with E-state index in [1.807, 2.05) is 0 Å². The molecule has 0 aromatic rings. The summed E-state index contributed by atoms with van der Waals surface area (Å²) in [7, 11) is 0. The third kappa shape index (κ3) is 5.36. The predicted octanol–water partition coefficient (Wildman–Crippen LogP) is 4.56. The van der Waals surface area contributed by atoms with Gasteiger partial charge < -0.3 is 4.74 Å². The van der Waals surface area contributed by atoms with Gasteiger partial charge in [-0.05, 0) is 51.4 Å². The smallest absolute Gasteiger partial charge is 0.0845 e. The van der Waals surface area contributed by atoms with Gasteiger partial charge in [-0.15, -0.1) is 0 Å². The molecule has 1 aliphatic carbocycles. The third-order valence-corrected chi connectivity index (χ3v) is 3.42. The number of hydrogen-bond donors (Lipinski definition) is 0. The van der Waals surface area contributed by atoms with Crippen molar-refractivity contribution in [1.82, 2.24) is 0 Å². The fourth-order valence-electron chi connectivity index (χ4n) is 2.30. The van der Waals surface area contributed by atoms with Gasteiger partial charge in [-0.1, -0.05) is 36.5 Å². The summed E-state index contributed by atoms with van der Waals surface area (Å²) < 4.78 is 5.66. The molecule has 1 heterocycles. The highest BCUT2D eigenvalue weighted by molar-refractivity contribution is 4.94. The lowest BCUT2D eigenvalue weighted by atomic mass is 10.1. The largest absolute Gasteiger partial charge is 0.370 e. The Labute approximate surface area is 105 Å². The molecule has 17 heavy (non-hydrogen) atoms. The fourth-order valence-corrected chi connectivity index (χ4v) is 2.30. The Morgan fingerprint density at radius 3 is 1.29 bits per heavy atom. The highest BCUT2D eigenvalue weighted by atomic mass is 16.6. The van der Waals surface area contributed by atoms with E-state index in [4.69, 9.17) is 4.74 Å². The van der Waals surface area contributed by atoms with Crippen LogP contribution in [0.1, 0.15) is 51.4 Å². The normalized spacial score (nSPS) is 34.8. The van der Waals surface area contributed by atoms with Gasteiger partial charge in [0.25, 0.3) is 0 Å². The summed E-state index contributed by atoms with van der Waals surface area (Å²) in [5.41, 5.74) is 0. The number of hydrogen-bond acceptors (Lipinski definition) is 1. The van der Waals surface area contributed by atoms with E-state index in [0.29, 0.717) is 12.2 Å². The summed E-state index contributed by atoms with van der Waals surface area (Å²) in [6.45, 7) is 0.